The Labute approximate surface area is 95.4 Å². The van der Waals surface area contributed by atoms with Gasteiger partial charge >= 0.3 is 0 Å². The van der Waals surface area contributed by atoms with Crippen molar-refractivity contribution in [1.29, 1.82) is 0 Å². The lowest BCUT2D eigenvalue weighted by Crippen LogP contribution is -1.76. The minimum absolute atomic E-state index is 0.847. The van der Waals surface area contributed by atoms with Gasteiger partial charge in [-0.25, -0.2) is 0 Å². The summed E-state index contributed by atoms with van der Waals surface area (Å²) in [5.74, 6) is 6.19. The summed E-state index contributed by atoms with van der Waals surface area (Å²) in [5.41, 5.74) is 2.02. The van der Waals surface area contributed by atoms with E-state index in [1.54, 1.807) is 0 Å². The molecule has 0 bridgehead atoms. The topological polar surface area (TPSA) is 0 Å². The van der Waals surface area contributed by atoms with Crippen molar-refractivity contribution in [3.8, 4) is 11.8 Å². The Morgan fingerprint density at radius 2 is 1.20 bits per heavy atom. The molecule has 1 heteroatoms. The van der Waals surface area contributed by atoms with Gasteiger partial charge in [0.25, 0.3) is 0 Å². The normalized spacial score (nSPS) is 9.07. The number of hydrogen-bond acceptors (Lipinski definition) is 1. The zero-order valence-corrected chi connectivity index (χ0v) is 8.92. The number of benzene rings is 2. The molecule has 2 rings (SSSR count). The lowest BCUT2D eigenvalue weighted by molar-refractivity contribution is 1.45. The highest BCUT2D eigenvalue weighted by molar-refractivity contribution is 7.58. The molecule has 0 aromatic heterocycles. The standard InChI is InChI=1S/C14H10S/c15-14-10-8-13(9-11-14)7-6-12-4-2-1-3-5-12/h1-5,8-11,15H/p-1. The van der Waals surface area contributed by atoms with Gasteiger partial charge in [-0.05, 0) is 24.3 Å². The van der Waals surface area contributed by atoms with Crippen LogP contribution < -0.4 is 0 Å². The highest BCUT2D eigenvalue weighted by Gasteiger charge is 1.84. The van der Waals surface area contributed by atoms with Gasteiger partial charge in [-0.1, -0.05) is 42.2 Å². The van der Waals surface area contributed by atoms with E-state index in [2.05, 4.69) is 11.8 Å². The van der Waals surface area contributed by atoms with Crippen LogP contribution in [0.5, 0.6) is 0 Å². The molecule has 0 nitrogen and oxygen atoms in total. The third-order valence-corrected chi connectivity index (χ3v) is 2.25. The molecule has 2 aromatic rings. The Morgan fingerprint density at radius 1 is 0.667 bits per heavy atom. The van der Waals surface area contributed by atoms with Crippen molar-refractivity contribution in [1.82, 2.24) is 0 Å². The molecule has 0 saturated carbocycles. The summed E-state index contributed by atoms with van der Waals surface area (Å²) in [7, 11) is 0. The molecule has 0 amide bonds. The van der Waals surface area contributed by atoms with Gasteiger partial charge in [0.15, 0.2) is 0 Å². The number of rotatable bonds is 0. The van der Waals surface area contributed by atoms with E-state index in [9.17, 15) is 0 Å². The van der Waals surface area contributed by atoms with Crippen molar-refractivity contribution in [2.45, 2.75) is 4.90 Å². The van der Waals surface area contributed by atoms with Crippen LogP contribution in [-0.4, -0.2) is 0 Å². The van der Waals surface area contributed by atoms with E-state index in [1.807, 2.05) is 54.6 Å². The molecule has 0 saturated heterocycles. The van der Waals surface area contributed by atoms with E-state index in [-0.39, 0.29) is 0 Å². The molecule has 0 aliphatic rings. The van der Waals surface area contributed by atoms with E-state index in [0.717, 1.165) is 16.0 Å². The minimum atomic E-state index is 0.847. The van der Waals surface area contributed by atoms with Crippen molar-refractivity contribution in [2.75, 3.05) is 0 Å². The van der Waals surface area contributed by atoms with E-state index in [1.165, 1.54) is 0 Å². The second kappa shape index (κ2) is 4.63. The molecule has 0 fully saturated rings. The maximum Gasteiger partial charge on any atom is 0.0249 e. The molecule has 0 unspecified atom stereocenters. The molecule has 0 N–H and O–H groups in total. The monoisotopic (exact) mass is 209 g/mol. The molecular formula is C14H9S-. The van der Waals surface area contributed by atoms with Gasteiger partial charge in [0.1, 0.15) is 0 Å². The van der Waals surface area contributed by atoms with Crippen LogP contribution in [0.1, 0.15) is 11.1 Å². The summed E-state index contributed by atoms with van der Waals surface area (Å²) >= 11 is 5.00. The molecule has 0 aliphatic heterocycles. The lowest BCUT2D eigenvalue weighted by atomic mass is 10.2. The van der Waals surface area contributed by atoms with Gasteiger partial charge in [-0.15, -0.1) is 0 Å². The Balaban J connectivity index is 2.22. The summed E-state index contributed by atoms with van der Waals surface area (Å²) in [5, 5.41) is 0. The summed E-state index contributed by atoms with van der Waals surface area (Å²) < 4.78 is 0. The van der Waals surface area contributed by atoms with Gasteiger partial charge in [-0.2, -0.15) is 4.90 Å². The number of hydrogen-bond donors (Lipinski definition) is 0. The SMILES string of the molecule is [S-]c1ccc(C#Cc2ccccc2)cc1. The van der Waals surface area contributed by atoms with Crippen LogP contribution in [0.25, 0.3) is 0 Å². The molecule has 0 atom stereocenters. The van der Waals surface area contributed by atoms with E-state index in [0.29, 0.717) is 0 Å². The second-order valence-corrected chi connectivity index (χ2v) is 3.61. The van der Waals surface area contributed by atoms with Gasteiger partial charge in [0.05, 0.1) is 0 Å². The van der Waals surface area contributed by atoms with E-state index >= 15 is 0 Å². The fourth-order valence-corrected chi connectivity index (χ4v) is 1.34. The third kappa shape index (κ3) is 2.83. The molecule has 0 heterocycles. The maximum atomic E-state index is 5.00. The van der Waals surface area contributed by atoms with Crippen LogP contribution >= 0.6 is 0 Å². The van der Waals surface area contributed by atoms with Gasteiger partial charge in [0.2, 0.25) is 0 Å². The Hall–Kier alpha value is -1.78. The first kappa shape index (κ1) is 9.76. The Kier molecular flexibility index (Phi) is 3.02. The summed E-state index contributed by atoms with van der Waals surface area (Å²) in [6.07, 6.45) is 0. The second-order valence-electron chi connectivity index (χ2n) is 3.14. The quantitative estimate of drug-likeness (QED) is 0.475. The van der Waals surface area contributed by atoms with Crippen LogP contribution in [0.3, 0.4) is 0 Å². The van der Waals surface area contributed by atoms with Crippen LogP contribution in [0, 0.1) is 11.8 Å². The van der Waals surface area contributed by atoms with Crippen LogP contribution in [-0.2, 0) is 12.6 Å². The van der Waals surface area contributed by atoms with E-state index < -0.39 is 0 Å². The lowest BCUT2D eigenvalue weighted by Gasteiger charge is -2.01. The first-order valence-electron chi connectivity index (χ1n) is 4.69. The van der Waals surface area contributed by atoms with Crippen molar-refractivity contribution < 1.29 is 0 Å². The average Bonchev–Trinajstić information content (AvgIpc) is 2.30. The molecule has 0 aliphatic carbocycles. The zero-order valence-electron chi connectivity index (χ0n) is 8.10. The Morgan fingerprint density at radius 3 is 1.80 bits per heavy atom. The highest BCUT2D eigenvalue weighted by atomic mass is 32.1. The van der Waals surface area contributed by atoms with Crippen molar-refractivity contribution in [3.63, 3.8) is 0 Å². The Bertz CT molecular complexity index is 486. The largest absolute Gasteiger partial charge is 0.780 e. The summed E-state index contributed by atoms with van der Waals surface area (Å²) in [6, 6.07) is 17.6. The minimum Gasteiger partial charge on any atom is -0.780 e. The molecule has 2 aromatic carbocycles. The summed E-state index contributed by atoms with van der Waals surface area (Å²) in [6.45, 7) is 0. The molecule has 15 heavy (non-hydrogen) atoms. The van der Waals surface area contributed by atoms with E-state index in [4.69, 9.17) is 12.6 Å². The highest BCUT2D eigenvalue weighted by Crippen LogP contribution is 2.02. The molecule has 0 spiro atoms. The first-order chi connectivity index (χ1) is 7.34. The van der Waals surface area contributed by atoms with Crippen molar-refractivity contribution >= 4 is 12.6 Å². The van der Waals surface area contributed by atoms with Crippen LogP contribution in [0.2, 0.25) is 0 Å². The molecular weight excluding hydrogens is 200 g/mol. The maximum absolute atomic E-state index is 5.00. The van der Waals surface area contributed by atoms with Crippen LogP contribution in [0.4, 0.5) is 0 Å². The van der Waals surface area contributed by atoms with Crippen molar-refractivity contribution in [3.05, 3.63) is 65.7 Å². The zero-order chi connectivity index (χ0) is 10.5. The fraction of sp³-hybridized carbons (Fsp3) is 0. The van der Waals surface area contributed by atoms with Crippen molar-refractivity contribution in [2.24, 2.45) is 0 Å². The fourth-order valence-electron chi connectivity index (χ4n) is 1.20. The molecule has 72 valence electrons. The van der Waals surface area contributed by atoms with Crippen LogP contribution in [0.15, 0.2) is 59.5 Å². The third-order valence-electron chi connectivity index (χ3n) is 1.98. The predicted octanol–water partition coefficient (Wildman–Crippen LogP) is 2.99. The smallest absolute Gasteiger partial charge is 0.0249 e. The van der Waals surface area contributed by atoms with Gasteiger partial charge in [-0.3, -0.25) is 0 Å². The molecule has 0 radical (unpaired) electrons. The average molecular weight is 209 g/mol. The van der Waals surface area contributed by atoms with Gasteiger partial charge < -0.3 is 12.6 Å². The van der Waals surface area contributed by atoms with Gasteiger partial charge in [0, 0.05) is 11.1 Å². The predicted molar refractivity (Wildman–Crippen MR) is 64.5 cm³/mol. The summed E-state index contributed by atoms with van der Waals surface area (Å²) in [4.78, 5) is 0.847. The first-order valence-corrected chi connectivity index (χ1v) is 5.09.